The first-order chi connectivity index (χ1) is 11.7. The van der Waals surface area contributed by atoms with Crippen molar-refractivity contribution in [3.05, 3.63) is 59.9 Å². The average molecular weight is 327 g/mol. The highest BCUT2D eigenvalue weighted by molar-refractivity contribution is 5.89. The summed E-state index contributed by atoms with van der Waals surface area (Å²) in [5.74, 6) is -0.310. The third-order valence-corrected chi connectivity index (χ3v) is 4.37. The normalized spacial score (nSPS) is 14.6. The molecule has 1 saturated heterocycles. The van der Waals surface area contributed by atoms with Gasteiger partial charge in [-0.15, -0.1) is 0 Å². The fourth-order valence-corrected chi connectivity index (χ4v) is 2.85. The van der Waals surface area contributed by atoms with Crippen molar-refractivity contribution in [2.45, 2.75) is 13.3 Å². The second-order valence-electron chi connectivity index (χ2n) is 5.93. The highest BCUT2D eigenvalue weighted by Gasteiger charge is 2.21. The summed E-state index contributed by atoms with van der Waals surface area (Å²) in [6.45, 7) is 5.10. The Hall–Kier alpha value is -2.56. The van der Waals surface area contributed by atoms with Crippen LogP contribution in [0.4, 0.5) is 20.6 Å². The highest BCUT2D eigenvalue weighted by atomic mass is 19.1. The molecule has 4 nitrogen and oxygen atoms in total. The van der Waals surface area contributed by atoms with Crippen LogP contribution < -0.4 is 10.2 Å². The Balaban J connectivity index is 1.54. The van der Waals surface area contributed by atoms with E-state index in [9.17, 15) is 9.18 Å². The second-order valence-corrected chi connectivity index (χ2v) is 5.93. The monoisotopic (exact) mass is 327 g/mol. The van der Waals surface area contributed by atoms with Gasteiger partial charge in [-0.3, -0.25) is 0 Å². The molecule has 5 heteroatoms. The van der Waals surface area contributed by atoms with Gasteiger partial charge in [0.05, 0.1) is 0 Å². The van der Waals surface area contributed by atoms with E-state index in [-0.39, 0.29) is 11.8 Å². The van der Waals surface area contributed by atoms with Crippen molar-refractivity contribution in [2.24, 2.45) is 0 Å². The van der Waals surface area contributed by atoms with Gasteiger partial charge in [0, 0.05) is 37.6 Å². The first-order valence-corrected chi connectivity index (χ1v) is 8.31. The molecule has 0 radical (unpaired) electrons. The Bertz CT molecular complexity index is 677. The molecule has 0 bridgehead atoms. The summed E-state index contributed by atoms with van der Waals surface area (Å²) in [6, 6.07) is 14.3. The number of urea groups is 1. The van der Waals surface area contributed by atoms with Crippen LogP contribution in [0.1, 0.15) is 12.5 Å². The van der Waals surface area contributed by atoms with Crippen molar-refractivity contribution in [1.29, 1.82) is 0 Å². The highest BCUT2D eigenvalue weighted by Crippen LogP contribution is 2.18. The molecule has 1 aliphatic rings. The van der Waals surface area contributed by atoms with Crippen molar-refractivity contribution in [2.75, 3.05) is 36.4 Å². The molecule has 2 aromatic rings. The zero-order chi connectivity index (χ0) is 16.9. The number of piperazine rings is 1. The molecule has 0 spiro atoms. The molecule has 0 atom stereocenters. The maximum atomic E-state index is 12.9. The summed E-state index contributed by atoms with van der Waals surface area (Å²) < 4.78 is 12.9. The first-order valence-electron chi connectivity index (χ1n) is 8.31. The van der Waals surface area contributed by atoms with E-state index >= 15 is 0 Å². The quantitative estimate of drug-likeness (QED) is 0.932. The maximum Gasteiger partial charge on any atom is 0.321 e. The minimum absolute atomic E-state index is 0.136. The van der Waals surface area contributed by atoms with E-state index in [0.29, 0.717) is 18.8 Å². The van der Waals surface area contributed by atoms with Crippen LogP contribution in [0, 0.1) is 5.82 Å². The van der Waals surface area contributed by atoms with Crippen LogP contribution in [-0.4, -0.2) is 37.1 Å². The Labute approximate surface area is 141 Å². The van der Waals surface area contributed by atoms with Gasteiger partial charge in [-0.25, -0.2) is 9.18 Å². The predicted molar refractivity (Wildman–Crippen MR) is 95.0 cm³/mol. The molecule has 1 aliphatic heterocycles. The van der Waals surface area contributed by atoms with E-state index in [1.54, 1.807) is 17.0 Å². The Morgan fingerprint density at radius 3 is 2.21 bits per heavy atom. The molecular weight excluding hydrogens is 305 g/mol. The molecule has 3 rings (SSSR count). The van der Waals surface area contributed by atoms with Crippen molar-refractivity contribution in [3.8, 4) is 0 Å². The lowest BCUT2D eigenvalue weighted by Gasteiger charge is -2.36. The molecule has 2 amide bonds. The number of aryl methyl sites for hydroxylation is 1. The van der Waals surface area contributed by atoms with Gasteiger partial charge in [-0.1, -0.05) is 19.1 Å². The summed E-state index contributed by atoms with van der Waals surface area (Å²) in [7, 11) is 0. The third-order valence-electron chi connectivity index (χ3n) is 4.37. The lowest BCUT2D eigenvalue weighted by Crippen LogP contribution is -2.50. The topological polar surface area (TPSA) is 35.6 Å². The van der Waals surface area contributed by atoms with Gasteiger partial charge in [0.15, 0.2) is 0 Å². The van der Waals surface area contributed by atoms with Gasteiger partial charge >= 0.3 is 6.03 Å². The summed E-state index contributed by atoms with van der Waals surface area (Å²) in [6.07, 6.45) is 1.04. The number of amides is 2. The number of nitrogens with zero attached hydrogens (tertiary/aromatic N) is 2. The number of carbonyl (C=O) groups excluding carboxylic acids is 1. The standard InChI is InChI=1S/C19H22FN3O/c1-2-15-3-9-18(10-4-15)22-11-13-23(14-12-22)19(24)21-17-7-5-16(20)6-8-17/h3-10H,2,11-14H2,1H3,(H,21,24). The fourth-order valence-electron chi connectivity index (χ4n) is 2.85. The number of hydrogen-bond acceptors (Lipinski definition) is 2. The third kappa shape index (κ3) is 3.85. The molecule has 0 aliphatic carbocycles. The van der Waals surface area contributed by atoms with Crippen LogP contribution in [0.5, 0.6) is 0 Å². The van der Waals surface area contributed by atoms with Crippen molar-refractivity contribution < 1.29 is 9.18 Å². The largest absolute Gasteiger partial charge is 0.368 e. The van der Waals surface area contributed by atoms with Crippen molar-refractivity contribution in [3.63, 3.8) is 0 Å². The fraction of sp³-hybridized carbons (Fsp3) is 0.316. The molecule has 126 valence electrons. The van der Waals surface area contributed by atoms with Gasteiger partial charge in [0.2, 0.25) is 0 Å². The van der Waals surface area contributed by atoms with Crippen LogP contribution in [0.2, 0.25) is 0 Å². The lowest BCUT2D eigenvalue weighted by molar-refractivity contribution is 0.208. The molecule has 2 aromatic carbocycles. The van der Waals surface area contributed by atoms with Crippen LogP contribution in [0.3, 0.4) is 0 Å². The van der Waals surface area contributed by atoms with E-state index in [2.05, 4.69) is 41.4 Å². The van der Waals surface area contributed by atoms with Gasteiger partial charge in [-0.2, -0.15) is 0 Å². The number of hydrogen-bond donors (Lipinski definition) is 1. The molecule has 1 fully saturated rings. The molecule has 1 N–H and O–H groups in total. The number of anilines is 2. The van der Waals surface area contributed by atoms with Crippen LogP contribution in [-0.2, 0) is 6.42 Å². The number of benzene rings is 2. The SMILES string of the molecule is CCc1ccc(N2CCN(C(=O)Nc3ccc(F)cc3)CC2)cc1. The van der Waals surface area contributed by atoms with E-state index in [4.69, 9.17) is 0 Å². The van der Waals surface area contributed by atoms with E-state index in [1.165, 1.54) is 23.4 Å². The van der Waals surface area contributed by atoms with E-state index in [0.717, 1.165) is 19.5 Å². The van der Waals surface area contributed by atoms with E-state index < -0.39 is 0 Å². The Morgan fingerprint density at radius 2 is 1.62 bits per heavy atom. The molecule has 0 aromatic heterocycles. The average Bonchev–Trinajstić information content (AvgIpc) is 2.64. The van der Waals surface area contributed by atoms with Crippen LogP contribution >= 0.6 is 0 Å². The molecule has 24 heavy (non-hydrogen) atoms. The second kappa shape index (κ2) is 7.34. The molecule has 0 unspecified atom stereocenters. The summed E-state index contributed by atoms with van der Waals surface area (Å²) in [5.41, 5.74) is 3.14. The van der Waals surface area contributed by atoms with Gasteiger partial charge in [-0.05, 0) is 48.4 Å². The number of rotatable bonds is 3. The predicted octanol–water partition coefficient (Wildman–Crippen LogP) is 3.74. The summed E-state index contributed by atoms with van der Waals surface area (Å²) >= 11 is 0. The van der Waals surface area contributed by atoms with Crippen LogP contribution in [0.15, 0.2) is 48.5 Å². The number of nitrogens with one attached hydrogen (secondary N) is 1. The van der Waals surface area contributed by atoms with E-state index in [1.807, 2.05) is 0 Å². The zero-order valence-corrected chi connectivity index (χ0v) is 13.8. The minimum atomic E-state index is -0.310. The number of carbonyl (C=O) groups is 1. The van der Waals surface area contributed by atoms with Gasteiger partial charge in [0.25, 0.3) is 0 Å². The minimum Gasteiger partial charge on any atom is -0.368 e. The molecule has 0 saturated carbocycles. The maximum absolute atomic E-state index is 12.9. The number of halogens is 1. The lowest BCUT2D eigenvalue weighted by atomic mass is 10.1. The Morgan fingerprint density at radius 1 is 1.00 bits per heavy atom. The molecular formula is C19H22FN3O. The van der Waals surface area contributed by atoms with Crippen LogP contribution in [0.25, 0.3) is 0 Å². The van der Waals surface area contributed by atoms with Crippen molar-refractivity contribution >= 4 is 17.4 Å². The van der Waals surface area contributed by atoms with Crippen molar-refractivity contribution in [1.82, 2.24) is 4.90 Å². The summed E-state index contributed by atoms with van der Waals surface area (Å²) in [5, 5.41) is 2.81. The Kier molecular flexibility index (Phi) is 4.99. The smallest absolute Gasteiger partial charge is 0.321 e. The van der Waals surface area contributed by atoms with Gasteiger partial charge < -0.3 is 15.1 Å². The zero-order valence-electron chi connectivity index (χ0n) is 13.8. The molecule has 1 heterocycles. The first kappa shape index (κ1) is 16.3. The van der Waals surface area contributed by atoms with Gasteiger partial charge in [0.1, 0.15) is 5.82 Å². The summed E-state index contributed by atoms with van der Waals surface area (Å²) in [4.78, 5) is 16.4.